The topological polar surface area (TPSA) is 89.8 Å². The molecule has 0 heterocycles. The second-order valence-corrected chi connectivity index (χ2v) is 12.1. The SMILES string of the molecule is CCCCCCCC/C=C\CCCCCC(=O)NC(CO)C(O)C(O)CCCCCCCCCCCCCCC. The molecule has 1 amide bonds. The van der Waals surface area contributed by atoms with E-state index >= 15 is 0 Å². The molecule has 3 atom stereocenters. The predicted octanol–water partition coefficient (Wildman–Crippen LogP) is 8.92. The van der Waals surface area contributed by atoms with Crippen molar-refractivity contribution in [3.63, 3.8) is 0 Å². The van der Waals surface area contributed by atoms with Gasteiger partial charge in [-0.1, -0.05) is 148 Å². The Morgan fingerprint density at radius 3 is 1.45 bits per heavy atom. The fourth-order valence-electron chi connectivity index (χ4n) is 5.33. The van der Waals surface area contributed by atoms with E-state index in [1.807, 2.05) is 0 Å². The quantitative estimate of drug-likeness (QED) is 0.0497. The van der Waals surface area contributed by atoms with E-state index in [-0.39, 0.29) is 12.5 Å². The first kappa shape index (κ1) is 39.1. The molecular weight excluding hydrogens is 498 g/mol. The Morgan fingerprint density at radius 1 is 0.600 bits per heavy atom. The van der Waals surface area contributed by atoms with Crippen LogP contribution >= 0.6 is 0 Å². The molecule has 0 radical (unpaired) electrons. The molecule has 0 bridgehead atoms. The van der Waals surface area contributed by atoms with Crippen molar-refractivity contribution in [2.45, 2.75) is 199 Å². The summed E-state index contributed by atoms with van der Waals surface area (Å²) in [5.74, 6) is -0.162. The Bertz CT molecular complexity index is 554. The Morgan fingerprint density at radius 2 is 1.00 bits per heavy atom. The molecule has 0 aromatic rings. The van der Waals surface area contributed by atoms with Gasteiger partial charge in [-0.15, -0.1) is 0 Å². The number of allylic oxidation sites excluding steroid dienone is 2. The van der Waals surface area contributed by atoms with Crippen molar-refractivity contribution in [3.05, 3.63) is 12.2 Å². The standard InChI is InChI=1S/C35H69NO4/c1-3-5-7-9-11-13-15-17-19-21-23-25-27-29-33(38)35(40)32(31-37)36-34(39)30-28-26-24-22-20-18-16-14-12-10-8-6-4-2/h18,20,32-33,35,37-38,40H,3-17,19,21-31H2,1-2H3,(H,36,39)/b20-18-. The van der Waals surface area contributed by atoms with Gasteiger partial charge in [0.2, 0.25) is 5.91 Å². The zero-order chi connectivity index (χ0) is 29.5. The molecule has 0 saturated carbocycles. The average molecular weight is 568 g/mol. The highest BCUT2D eigenvalue weighted by atomic mass is 16.3. The van der Waals surface area contributed by atoms with E-state index in [4.69, 9.17) is 0 Å². The zero-order valence-corrected chi connectivity index (χ0v) is 26.7. The summed E-state index contributed by atoms with van der Waals surface area (Å²) in [6.07, 6.45) is 32.9. The zero-order valence-electron chi connectivity index (χ0n) is 26.7. The molecule has 5 heteroatoms. The smallest absolute Gasteiger partial charge is 0.220 e. The molecule has 0 saturated heterocycles. The van der Waals surface area contributed by atoms with Gasteiger partial charge in [-0.05, 0) is 38.5 Å². The predicted molar refractivity (Wildman–Crippen MR) is 172 cm³/mol. The van der Waals surface area contributed by atoms with E-state index in [9.17, 15) is 20.1 Å². The van der Waals surface area contributed by atoms with Crippen LogP contribution in [0.5, 0.6) is 0 Å². The lowest BCUT2D eigenvalue weighted by Gasteiger charge is -2.26. The van der Waals surface area contributed by atoms with Gasteiger partial charge < -0.3 is 20.6 Å². The third-order valence-electron chi connectivity index (χ3n) is 8.12. The minimum atomic E-state index is -1.14. The largest absolute Gasteiger partial charge is 0.394 e. The minimum absolute atomic E-state index is 0.162. The van der Waals surface area contributed by atoms with Crippen molar-refractivity contribution in [2.75, 3.05) is 6.61 Å². The summed E-state index contributed by atoms with van der Waals surface area (Å²) in [5, 5.41) is 33.3. The molecule has 0 aliphatic heterocycles. The number of carbonyl (C=O) groups excluding carboxylic acids is 1. The van der Waals surface area contributed by atoms with Crippen LogP contribution in [0.1, 0.15) is 181 Å². The lowest BCUT2D eigenvalue weighted by atomic mass is 9.99. The van der Waals surface area contributed by atoms with E-state index in [0.717, 1.165) is 44.9 Å². The van der Waals surface area contributed by atoms with Crippen molar-refractivity contribution in [1.29, 1.82) is 0 Å². The van der Waals surface area contributed by atoms with E-state index < -0.39 is 18.2 Å². The van der Waals surface area contributed by atoms with Crippen molar-refractivity contribution in [3.8, 4) is 0 Å². The summed E-state index contributed by atoms with van der Waals surface area (Å²) in [6.45, 7) is 4.14. The minimum Gasteiger partial charge on any atom is -0.394 e. The van der Waals surface area contributed by atoms with Crippen molar-refractivity contribution < 1.29 is 20.1 Å². The second-order valence-electron chi connectivity index (χ2n) is 12.1. The molecule has 0 aliphatic carbocycles. The first-order valence-electron chi connectivity index (χ1n) is 17.5. The van der Waals surface area contributed by atoms with Gasteiger partial charge in [0.25, 0.3) is 0 Å². The summed E-state index contributed by atoms with van der Waals surface area (Å²) in [6, 6.07) is -0.811. The molecule has 4 N–H and O–H groups in total. The number of aliphatic hydroxyl groups excluding tert-OH is 3. The monoisotopic (exact) mass is 568 g/mol. The Hall–Kier alpha value is -0.910. The number of unbranched alkanes of at least 4 members (excludes halogenated alkanes) is 21. The van der Waals surface area contributed by atoms with Crippen LogP contribution in [0.2, 0.25) is 0 Å². The number of amides is 1. The normalized spacial score (nSPS) is 14.0. The van der Waals surface area contributed by atoms with E-state index in [0.29, 0.717) is 12.8 Å². The number of aliphatic hydroxyl groups is 3. The molecule has 0 aromatic heterocycles. The van der Waals surface area contributed by atoms with Crippen LogP contribution in [0.15, 0.2) is 12.2 Å². The summed E-state index contributed by atoms with van der Waals surface area (Å²) < 4.78 is 0. The molecule has 0 aliphatic rings. The number of hydrogen-bond acceptors (Lipinski definition) is 4. The van der Waals surface area contributed by atoms with Crippen molar-refractivity contribution >= 4 is 5.91 Å². The third-order valence-corrected chi connectivity index (χ3v) is 8.12. The van der Waals surface area contributed by atoms with Gasteiger partial charge in [-0.2, -0.15) is 0 Å². The molecular formula is C35H69NO4. The average Bonchev–Trinajstić information content (AvgIpc) is 2.96. The first-order valence-corrected chi connectivity index (χ1v) is 17.5. The Balaban J connectivity index is 3.74. The van der Waals surface area contributed by atoms with E-state index in [1.165, 1.54) is 109 Å². The first-order chi connectivity index (χ1) is 19.6. The number of rotatable bonds is 31. The van der Waals surface area contributed by atoms with Gasteiger partial charge in [0, 0.05) is 6.42 Å². The summed E-state index contributed by atoms with van der Waals surface area (Å²) in [4.78, 5) is 12.3. The molecule has 5 nitrogen and oxygen atoms in total. The second kappa shape index (κ2) is 31.0. The highest BCUT2D eigenvalue weighted by Gasteiger charge is 2.26. The molecule has 3 unspecified atom stereocenters. The fraction of sp³-hybridized carbons (Fsp3) is 0.914. The van der Waals surface area contributed by atoms with Crippen LogP contribution < -0.4 is 5.32 Å². The van der Waals surface area contributed by atoms with Crippen LogP contribution in [-0.2, 0) is 4.79 Å². The number of hydrogen-bond donors (Lipinski definition) is 4. The van der Waals surface area contributed by atoms with Crippen LogP contribution in [-0.4, -0.2) is 46.1 Å². The van der Waals surface area contributed by atoms with E-state index in [1.54, 1.807) is 0 Å². The number of carbonyl (C=O) groups is 1. The summed E-state index contributed by atoms with van der Waals surface area (Å²) >= 11 is 0. The molecule has 40 heavy (non-hydrogen) atoms. The third kappa shape index (κ3) is 26.0. The van der Waals surface area contributed by atoms with Gasteiger partial charge in [-0.25, -0.2) is 0 Å². The Kier molecular flexibility index (Phi) is 30.3. The van der Waals surface area contributed by atoms with Gasteiger partial charge >= 0.3 is 0 Å². The lowest BCUT2D eigenvalue weighted by Crippen LogP contribution is -2.50. The maximum atomic E-state index is 12.3. The van der Waals surface area contributed by atoms with Gasteiger partial charge in [0.1, 0.15) is 6.10 Å². The maximum Gasteiger partial charge on any atom is 0.220 e. The highest BCUT2D eigenvalue weighted by Crippen LogP contribution is 2.15. The van der Waals surface area contributed by atoms with Crippen molar-refractivity contribution in [1.82, 2.24) is 5.32 Å². The van der Waals surface area contributed by atoms with E-state index in [2.05, 4.69) is 31.3 Å². The van der Waals surface area contributed by atoms with Crippen molar-refractivity contribution in [2.24, 2.45) is 0 Å². The van der Waals surface area contributed by atoms with Crippen LogP contribution in [0.25, 0.3) is 0 Å². The van der Waals surface area contributed by atoms with Crippen LogP contribution in [0.4, 0.5) is 0 Å². The number of nitrogens with one attached hydrogen (secondary N) is 1. The van der Waals surface area contributed by atoms with Crippen LogP contribution in [0, 0.1) is 0 Å². The van der Waals surface area contributed by atoms with Gasteiger partial charge in [0.05, 0.1) is 18.8 Å². The molecule has 0 aromatic carbocycles. The summed E-state index contributed by atoms with van der Waals surface area (Å²) in [5.41, 5.74) is 0. The molecule has 0 fully saturated rings. The fourth-order valence-corrected chi connectivity index (χ4v) is 5.33. The van der Waals surface area contributed by atoms with Gasteiger partial charge in [0.15, 0.2) is 0 Å². The Labute approximate surface area is 249 Å². The molecule has 0 rings (SSSR count). The maximum absolute atomic E-state index is 12.3. The highest BCUT2D eigenvalue weighted by molar-refractivity contribution is 5.76. The summed E-state index contributed by atoms with van der Waals surface area (Å²) in [7, 11) is 0. The molecule has 0 spiro atoms. The molecule has 238 valence electrons. The lowest BCUT2D eigenvalue weighted by molar-refractivity contribution is -0.124. The van der Waals surface area contributed by atoms with Gasteiger partial charge in [-0.3, -0.25) is 4.79 Å². The van der Waals surface area contributed by atoms with Crippen LogP contribution in [0.3, 0.4) is 0 Å².